The minimum absolute atomic E-state index is 0.612. The van der Waals surface area contributed by atoms with Crippen molar-refractivity contribution in [1.82, 2.24) is 24.1 Å². The van der Waals surface area contributed by atoms with Gasteiger partial charge in [0.15, 0.2) is 23.1 Å². The van der Waals surface area contributed by atoms with Crippen LogP contribution in [0.1, 0.15) is 0 Å². The number of hydrogen-bond acceptors (Lipinski definition) is 4. The van der Waals surface area contributed by atoms with Crippen molar-refractivity contribution in [1.29, 1.82) is 0 Å². The van der Waals surface area contributed by atoms with Crippen LogP contribution in [0.4, 0.5) is 0 Å². The monoisotopic (exact) mass is 729 g/mol. The maximum absolute atomic E-state index is 6.93. The zero-order valence-electron chi connectivity index (χ0n) is 30.5. The van der Waals surface area contributed by atoms with E-state index in [2.05, 4.69) is 137 Å². The first-order chi connectivity index (χ1) is 28.3. The van der Waals surface area contributed by atoms with Gasteiger partial charge in [0, 0.05) is 60.4 Å². The molecule has 0 saturated heterocycles. The summed E-state index contributed by atoms with van der Waals surface area (Å²) in [5, 5.41) is 6.70. The predicted octanol–water partition coefficient (Wildman–Crippen LogP) is 13.0. The van der Waals surface area contributed by atoms with Gasteiger partial charge in [-0.05, 0) is 54.6 Å². The lowest BCUT2D eigenvalue weighted by Crippen LogP contribution is -2.00. The van der Waals surface area contributed by atoms with Crippen molar-refractivity contribution in [3.05, 3.63) is 188 Å². The van der Waals surface area contributed by atoms with Gasteiger partial charge >= 0.3 is 0 Å². The minimum atomic E-state index is 0.612. The highest BCUT2D eigenvalue weighted by molar-refractivity contribution is 6.24. The molecule has 12 aromatic rings. The highest BCUT2D eigenvalue weighted by Gasteiger charge is 2.23. The number of hydrogen-bond donors (Lipinski definition) is 0. The van der Waals surface area contributed by atoms with Crippen molar-refractivity contribution in [3.63, 3.8) is 0 Å². The van der Waals surface area contributed by atoms with Crippen LogP contribution in [0, 0.1) is 0 Å². The van der Waals surface area contributed by atoms with Crippen LogP contribution < -0.4 is 0 Å². The second kappa shape index (κ2) is 12.3. The molecule has 0 atom stereocenters. The maximum atomic E-state index is 6.93. The lowest BCUT2D eigenvalue weighted by atomic mass is 10.0. The molecular weight excluding hydrogens is 699 g/mol. The Hall–Kier alpha value is -7.83. The van der Waals surface area contributed by atoms with E-state index < -0.39 is 0 Å². The van der Waals surface area contributed by atoms with Gasteiger partial charge in [0.2, 0.25) is 0 Å². The fraction of sp³-hybridized carbons (Fsp3) is 0. The quantitative estimate of drug-likeness (QED) is 0.177. The average Bonchev–Trinajstić information content (AvgIpc) is 3.95. The fourth-order valence-electron chi connectivity index (χ4n) is 8.67. The molecule has 0 amide bonds. The van der Waals surface area contributed by atoms with Gasteiger partial charge in [-0.1, -0.05) is 133 Å². The second-order valence-corrected chi connectivity index (χ2v) is 14.4. The van der Waals surface area contributed by atoms with E-state index in [0.717, 1.165) is 71.8 Å². The Labute approximate surface area is 326 Å². The molecule has 0 fully saturated rings. The summed E-state index contributed by atoms with van der Waals surface area (Å²) in [6, 6.07) is 65.4. The van der Waals surface area contributed by atoms with Crippen molar-refractivity contribution in [2.75, 3.05) is 0 Å². The number of benzene rings is 8. The summed E-state index contributed by atoms with van der Waals surface area (Å²) >= 11 is 0. The highest BCUT2D eigenvalue weighted by atomic mass is 16.3. The highest BCUT2D eigenvalue weighted by Crippen LogP contribution is 2.44. The lowest BCUT2D eigenvalue weighted by Gasteiger charge is -2.10. The third-order valence-electron chi connectivity index (χ3n) is 11.2. The number of aromatic nitrogens is 5. The molecule has 0 unspecified atom stereocenters. The van der Waals surface area contributed by atoms with E-state index in [1.54, 1.807) is 0 Å². The van der Waals surface area contributed by atoms with Crippen LogP contribution in [0.2, 0.25) is 0 Å². The summed E-state index contributed by atoms with van der Waals surface area (Å²) in [7, 11) is 0. The van der Waals surface area contributed by atoms with E-state index in [1.165, 1.54) is 21.8 Å². The molecule has 8 aromatic carbocycles. The Morgan fingerprint density at radius 2 is 0.930 bits per heavy atom. The first kappa shape index (κ1) is 31.5. The van der Waals surface area contributed by atoms with E-state index in [0.29, 0.717) is 17.5 Å². The van der Waals surface area contributed by atoms with Gasteiger partial charge in [0.25, 0.3) is 0 Å². The fourth-order valence-corrected chi connectivity index (χ4v) is 8.67. The second-order valence-electron chi connectivity index (χ2n) is 14.4. The first-order valence-electron chi connectivity index (χ1n) is 19.1. The van der Waals surface area contributed by atoms with E-state index in [9.17, 15) is 0 Å². The lowest BCUT2D eigenvalue weighted by molar-refractivity contribution is 0.671. The Morgan fingerprint density at radius 3 is 1.60 bits per heavy atom. The van der Waals surface area contributed by atoms with E-state index >= 15 is 0 Å². The number of furan rings is 1. The molecule has 0 aliphatic carbocycles. The maximum Gasteiger partial charge on any atom is 0.164 e. The van der Waals surface area contributed by atoms with Gasteiger partial charge in [-0.15, -0.1) is 0 Å². The zero-order chi connectivity index (χ0) is 37.5. The molecule has 6 nitrogen and oxygen atoms in total. The molecule has 266 valence electrons. The molecule has 0 spiro atoms. The van der Waals surface area contributed by atoms with Gasteiger partial charge in [-0.2, -0.15) is 0 Å². The molecule has 0 aliphatic rings. The third-order valence-corrected chi connectivity index (χ3v) is 11.2. The Balaban J connectivity index is 1.14. The third kappa shape index (κ3) is 4.81. The number of nitrogens with zero attached hydrogens (tertiary/aromatic N) is 5. The topological polar surface area (TPSA) is 61.7 Å². The summed E-state index contributed by atoms with van der Waals surface area (Å²) in [5.74, 6) is 1.87. The molecule has 12 rings (SSSR count). The molecule has 6 heteroatoms. The van der Waals surface area contributed by atoms with Crippen LogP contribution in [-0.4, -0.2) is 24.1 Å². The molecule has 0 bridgehead atoms. The molecular formula is C51H31N5O. The predicted molar refractivity (Wildman–Crippen MR) is 232 cm³/mol. The summed E-state index contributed by atoms with van der Waals surface area (Å²) in [4.78, 5) is 15.3. The molecule has 4 aromatic heterocycles. The SMILES string of the molecule is c1ccc(-c2nc(-c3ccccc3)nc(-c3cccc4c3c3ccc5c6cc(-n7c8ccccc8c8ccccc87)ccc6oc5c3n4-c3ccccc3)n2)cc1. The van der Waals surface area contributed by atoms with Gasteiger partial charge in [-0.25, -0.2) is 15.0 Å². The van der Waals surface area contributed by atoms with E-state index in [4.69, 9.17) is 19.4 Å². The minimum Gasteiger partial charge on any atom is -0.454 e. The average molecular weight is 730 g/mol. The molecule has 57 heavy (non-hydrogen) atoms. The molecule has 0 N–H and O–H groups in total. The Kier molecular flexibility index (Phi) is 6.83. The first-order valence-corrected chi connectivity index (χ1v) is 19.1. The Morgan fingerprint density at radius 1 is 0.368 bits per heavy atom. The van der Waals surface area contributed by atoms with E-state index in [1.807, 2.05) is 60.7 Å². The van der Waals surface area contributed by atoms with Crippen molar-refractivity contribution >= 4 is 65.6 Å². The summed E-state index contributed by atoms with van der Waals surface area (Å²) in [5.41, 5.74) is 11.0. The van der Waals surface area contributed by atoms with Gasteiger partial charge in [0.05, 0.1) is 22.1 Å². The van der Waals surface area contributed by atoms with Crippen LogP contribution >= 0.6 is 0 Å². The number of rotatable bonds is 5. The van der Waals surface area contributed by atoms with Crippen LogP contribution in [0.15, 0.2) is 192 Å². The molecule has 0 aliphatic heterocycles. The van der Waals surface area contributed by atoms with E-state index in [-0.39, 0.29) is 0 Å². The summed E-state index contributed by atoms with van der Waals surface area (Å²) < 4.78 is 11.6. The molecule has 4 heterocycles. The standard InChI is InChI=1S/C51H31N5O/c1-4-15-32(16-5-1)49-52-50(33-17-6-2-7-18-33)54-51(53-49)40-23-14-26-44-46(40)39-29-28-38-41-31-35(55-42-24-12-10-21-36(42)37-22-11-13-25-43(37)55)27-30-45(41)57-48(38)47(39)56(44)34-19-8-3-9-20-34/h1-31H. The number of fused-ring (bicyclic) bond motifs is 10. The largest absolute Gasteiger partial charge is 0.454 e. The van der Waals surface area contributed by atoms with Crippen molar-refractivity contribution in [3.8, 4) is 45.5 Å². The molecule has 0 radical (unpaired) electrons. The van der Waals surface area contributed by atoms with Crippen LogP contribution in [0.3, 0.4) is 0 Å². The summed E-state index contributed by atoms with van der Waals surface area (Å²) in [6.07, 6.45) is 0. The van der Waals surface area contributed by atoms with Gasteiger partial charge < -0.3 is 13.6 Å². The van der Waals surface area contributed by atoms with Crippen molar-refractivity contribution in [2.45, 2.75) is 0 Å². The van der Waals surface area contributed by atoms with Crippen LogP contribution in [-0.2, 0) is 0 Å². The summed E-state index contributed by atoms with van der Waals surface area (Å²) in [6.45, 7) is 0. The Bertz CT molecular complexity index is 3400. The van der Waals surface area contributed by atoms with Crippen LogP contribution in [0.25, 0.3) is 111 Å². The zero-order valence-corrected chi connectivity index (χ0v) is 30.5. The normalized spacial score (nSPS) is 11.9. The molecule has 0 saturated carbocycles. The van der Waals surface area contributed by atoms with Gasteiger partial charge in [-0.3, -0.25) is 0 Å². The van der Waals surface area contributed by atoms with Gasteiger partial charge in [0.1, 0.15) is 5.58 Å². The number of para-hydroxylation sites is 3. The van der Waals surface area contributed by atoms with Crippen molar-refractivity contribution in [2.24, 2.45) is 0 Å². The van der Waals surface area contributed by atoms with Crippen molar-refractivity contribution < 1.29 is 4.42 Å². The van der Waals surface area contributed by atoms with Crippen LogP contribution in [0.5, 0.6) is 0 Å². The smallest absolute Gasteiger partial charge is 0.164 e.